The van der Waals surface area contributed by atoms with E-state index in [-0.39, 0.29) is 25.4 Å². The van der Waals surface area contributed by atoms with E-state index < -0.39 is 5.91 Å². The molecule has 0 spiro atoms. The second-order valence-electron chi connectivity index (χ2n) is 1.88. The van der Waals surface area contributed by atoms with Gasteiger partial charge in [0.25, 0.3) is 5.91 Å². The Morgan fingerprint density at radius 1 is 1.27 bits per heavy atom. The topological polar surface area (TPSA) is 110 Å². The van der Waals surface area contributed by atoms with Crippen molar-refractivity contribution in [3.8, 4) is 0 Å². The van der Waals surface area contributed by atoms with Crippen LogP contribution in [0.1, 0.15) is 6.42 Å². The Balaban J connectivity index is 3.38. The average molecular weight is 160 g/mol. The predicted molar refractivity (Wildman–Crippen MR) is 39.0 cm³/mol. The van der Waals surface area contributed by atoms with Crippen LogP contribution in [0.3, 0.4) is 0 Å². The highest BCUT2D eigenvalue weighted by Gasteiger charge is 2.01. The maximum absolute atomic E-state index is 10.7. The van der Waals surface area contributed by atoms with Gasteiger partial charge in [-0.1, -0.05) is 0 Å². The molecule has 0 heterocycles. The van der Waals surface area contributed by atoms with E-state index in [4.69, 9.17) is 11.6 Å². The third-order valence-corrected chi connectivity index (χ3v) is 0.979. The zero-order valence-corrected chi connectivity index (χ0v) is 6.09. The van der Waals surface area contributed by atoms with E-state index in [9.17, 15) is 9.59 Å². The van der Waals surface area contributed by atoms with Gasteiger partial charge in [-0.15, -0.1) is 0 Å². The Labute approximate surface area is 64.3 Å². The Kier molecular flexibility index (Phi) is 5.05. The fourth-order valence-electron chi connectivity index (χ4n) is 0.449. The van der Waals surface area contributed by atoms with Crippen molar-refractivity contribution in [2.24, 2.45) is 11.6 Å². The molecule has 0 atom stereocenters. The van der Waals surface area contributed by atoms with Gasteiger partial charge in [-0.25, -0.2) is 5.84 Å². The number of hydrogen-bond acceptors (Lipinski definition) is 4. The van der Waals surface area contributed by atoms with Crippen molar-refractivity contribution in [3.05, 3.63) is 0 Å². The highest BCUT2D eigenvalue weighted by molar-refractivity contribution is 5.84. The molecule has 0 saturated heterocycles. The zero-order valence-electron chi connectivity index (χ0n) is 6.09. The fourth-order valence-corrected chi connectivity index (χ4v) is 0.449. The van der Waals surface area contributed by atoms with Crippen LogP contribution in [0, 0.1) is 0 Å². The minimum atomic E-state index is -0.435. The smallest absolute Gasteiger partial charge is 0.253 e. The Hall–Kier alpha value is -1.14. The van der Waals surface area contributed by atoms with Crippen LogP contribution < -0.4 is 22.3 Å². The minimum Gasteiger partial charge on any atom is -0.347 e. The monoisotopic (exact) mass is 160 g/mol. The van der Waals surface area contributed by atoms with E-state index in [0.29, 0.717) is 0 Å². The third kappa shape index (κ3) is 5.31. The van der Waals surface area contributed by atoms with Crippen molar-refractivity contribution < 1.29 is 9.59 Å². The molecule has 0 aromatic rings. The maximum Gasteiger partial charge on any atom is 0.253 e. The summed E-state index contributed by atoms with van der Waals surface area (Å²) >= 11 is 0. The molecule has 6 heteroatoms. The van der Waals surface area contributed by atoms with E-state index in [1.807, 2.05) is 5.43 Å². The summed E-state index contributed by atoms with van der Waals surface area (Å²) in [6, 6.07) is 0. The summed E-state index contributed by atoms with van der Waals surface area (Å²) in [5.74, 6) is 4.07. The summed E-state index contributed by atoms with van der Waals surface area (Å²) in [5.41, 5.74) is 6.96. The molecule has 0 radical (unpaired) electrons. The molecule has 11 heavy (non-hydrogen) atoms. The van der Waals surface area contributed by atoms with E-state index in [1.165, 1.54) is 0 Å². The lowest BCUT2D eigenvalue weighted by molar-refractivity contribution is -0.126. The molecule has 0 aliphatic rings. The van der Waals surface area contributed by atoms with Crippen LogP contribution in [0.5, 0.6) is 0 Å². The Morgan fingerprint density at radius 3 is 2.36 bits per heavy atom. The number of rotatable bonds is 4. The predicted octanol–water partition coefficient (Wildman–Crippen LogP) is -2.56. The number of amides is 2. The number of carbonyl (C=O) groups is 2. The lowest BCUT2D eigenvalue weighted by atomic mass is 10.4. The molecule has 0 fully saturated rings. The third-order valence-electron chi connectivity index (χ3n) is 0.979. The Bertz CT molecular complexity index is 147. The van der Waals surface area contributed by atoms with Crippen molar-refractivity contribution >= 4 is 11.8 Å². The first kappa shape index (κ1) is 9.86. The van der Waals surface area contributed by atoms with E-state index >= 15 is 0 Å². The SMILES string of the molecule is NCCC(=O)NCC(=O)NN. The zero-order chi connectivity index (χ0) is 8.69. The quantitative estimate of drug-likeness (QED) is 0.206. The van der Waals surface area contributed by atoms with Crippen molar-refractivity contribution in [1.82, 2.24) is 10.7 Å². The molecule has 0 aliphatic heterocycles. The molecule has 0 bridgehead atoms. The van der Waals surface area contributed by atoms with Gasteiger partial charge in [-0.05, 0) is 0 Å². The summed E-state index contributed by atoms with van der Waals surface area (Å²) in [5, 5.41) is 2.32. The standard InChI is InChI=1S/C5H12N4O2/c6-2-1-4(10)8-3-5(11)9-7/h1-3,6-7H2,(H,8,10)(H,9,11). The van der Waals surface area contributed by atoms with Gasteiger partial charge in [0.05, 0.1) is 6.54 Å². The summed E-state index contributed by atoms with van der Waals surface area (Å²) in [6.45, 7) is 0.172. The van der Waals surface area contributed by atoms with Crippen LogP contribution in [0.2, 0.25) is 0 Å². The minimum absolute atomic E-state index is 0.102. The number of carbonyl (C=O) groups excluding carboxylic acids is 2. The summed E-state index contributed by atoms with van der Waals surface area (Å²) in [7, 11) is 0. The first-order valence-electron chi connectivity index (χ1n) is 3.17. The van der Waals surface area contributed by atoms with Crippen LogP contribution in [0.25, 0.3) is 0 Å². The molecule has 0 unspecified atom stereocenters. The van der Waals surface area contributed by atoms with E-state index in [2.05, 4.69) is 5.32 Å². The van der Waals surface area contributed by atoms with Gasteiger partial charge in [-0.3, -0.25) is 15.0 Å². The van der Waals surface area contributed by atoms with Gasteiger partial charge in [0.1, 0.15) is 0 Å². The van der Waals surface area contributed by atoms with Gasteiger partial charge >= 0.3 is 0 Å². The van der Waals surface area contributed by atoms with Crippen molar-refractivity contribution in [2.75, 3.05) is 13.1 Å². The molecule has 0 aliphatic carbocycles. The second kappa shape index (κ2) is 5.63. The van der Waals surface area contributed by atoms with Gasteiger partial charge in [0, 0.05) is 13.0 Å². The van der Waals surface area contributed by atoms with Gasteiger partial charge < -0.3 is 11.1 Å². The molecular formula is C5H12N4O2. The highest BCUT2D eigenvalue weighted by Crippen LogP contribution is 1.72. The van der Waals surface area contributed by atoms with Gasteiger partial charge in [0.15, 0.2) is 0 Å². The van der Waals surface area contributed by atoms with Gasteiger partial charge in [-0.2, -0.15) is 0 Å². The van der Waals surface area contributed by atoms with E-state index in [1.54, 1.807) is 0 Å². The first-order chi connectivity index (χ1) is 5.20. The lowest BCUT2D eigenvalue weighted by Crippen LogP contribution is -2.40. The number of nitrogens with two attached hydrogens (primary N) is 2. The van der Waals surface area contributed by atoms with Crippen LogP contribution in [0.4, 0.5) is 0 Å². The number of nitrogens with one attached hydrogen (secondary N) is 2. The largest absolute Gasteiger partial charge is 0.347 e. The van der Waals surface area contributed by atoms with Gasteiger partial charge in [0.2, 0.25) is 5.91 Å². The number of hydrogen-bond donors (Lipinski definition) is 4. The maximum atomic E-state index is 10.7. The summed E-state index contributed by atoms with van der Waals surface area (Å²) in [6.07, 6.45) is 0.220. The van der Waals surface area contributed by atoms with Crippen molar-refractivity contribution in [2.45, 2.75) is 6.42 Å². The first-order valence-corrected chi connectivity index (χ1v) is 3.17. The molecular weight excluding hydrogens is 148 g/mol. The molecule has 6 nitrogen and oxygen atoms in total. The fraction of sp³-hybridized carbons (Fsp3) is 0.600. The molecule has 2 amide bonds. The van der Waals surface area contributed by atoms with Crippen LogP contribution >= 0.6 is 0 Å². The molecule has 6 N–H and O–H groups in total. The van der Waals surface area contributed by atoms with Crippen molar-refractivity contribution in [3.63, 3.8) is 0 Å². The molecule has 64 valence electrons. The highest BCUT2D eigenvalue weighted by atomic mass is 16.2. The summed E-state index contributed by atoms with van der Waals surface area (Å²) in [4.78, 5) is 21.1. The second-order valence-corrected chi connectivity index (χ2v) is 1.88. The van der Waals surface area contributed by atoms with Crippen LogP contribution in [-0.4, -0.2) is 24.9 Å². The number of hydrazine groups is 1. The average Bonchev–Trinajstić information content (AvgIpc) is 2.01. The van der Waals surface area contributed by atoms with Crippen LogP contribution in [-0.2, 0) is 9.59 Å². The van der Waals surface area contributed by atoms with Crippen molar-refractivity contribution in [1.29, 1.82) is 0 Å². The molecule has 0 aromatic carbocycles. The molecule has 0 aromatic heterocycles. The van der Waals surface area contributed by atoms with E-state index in [0.717, 1.165) is 0 Å². The lowest BCUT2D eigenvalue weighted by Gasteiger charge is -2.01. The Morgan fingerprint density at radius 2 is 1.91 bits per heavy atom. The van der Waals surface area contributed by atoms with Crippen LogP contribution in [0.15, 0.2) is 0 Å². The molecule has 0 rings (SSSR count). The molecule has 0 saturated carbocycles. The summed E-state index contributed by atoms with van der Waals surface area (Å²) < 4.78 is 0. The normalized spacial score (nSPS) is 8.91.